The molecule has 5 heteroatoms. The Morgan fingerprint density at radius 2 is 2.17 bits per heavy atom. The zero-order valence-corrected chi connectivity index (χ0v) is 11.5. The molecule has 1 aromatic carbocycles. The van der Waals surface area contributed by atoms with Gasteiger partial charge in [-0.1, -0.05) is 17.7 Å². The van der Waals surface area contributed by atoms with Crippen molar-refractivity contribution in [1.29, 1.82) is 0 Å². The molecule has 1 atom stereocenters. The van der Waals surface area contributed by atoms with Crippen LogP contribution in [-0.2, 0) is 16.6 Å². The predicted molar refractivity (Wildman–Crippen MR) is 75.0 cm³/mol. The van der Waals surface area contributed by atoms with E-state index in [0.717, 1.165) is 11.3 Å². The third kappa shape index (κ3) is 2.89. The molecule has 0 amide bonds. The van der Waals surface area contributed by atoms with Gasteiger partial charge in [-0.2, -0.15) is 0 Å². The minimum Gasteiger partial charge on any atom is -0.398 e. The zero-order valence-electron chi connectivity index (χ0n) is 9.89. The highest BCUT2D eigenvalue weighted by Gasteiger charge is 2.09. The van der Waals surface area contributed by atoms with E-state index in [0.29, 0.717) is 21.4 Å². The van der Waals surface area contributed by atoms with Crippen molar-refractivity contribution in [2.75, 3.05) is 5.73 Å². The van der Waals surface area contributed by atoms with Crippen LogP contribution in [0.3, 0.4) is 0 Å². The second-order valence-electron chi connectivity index (χ2n) is 3.94. The van der Waals surface area contributed by atoms with Gasteiger partial charge in [-0.05, 0) is 36.8 Å². The van der Waals surface area contributed by atoms with Crippen molar-refractivity contribution >= 4 is 28.1 Å². The number of hydrogen-bond acceptors (Lipinski definition) is 3. The van der Waals surface area contributed by atoms with Crippen LogP contribution in [-0.4, -0.2) is 9.19 Å². The molecule has 3 nitrogen and oxygen atoms in total. The summed E-state index contributed by atoms with van der Waals surface area (Å²) >= 11 is 5.92. The van der Waals surface area contributed by atoms with E-state index < -0.39 is 10.8 Å². The average Bonchev–Trinajstić information content (AvgIpc) is 2.35. The Labute approximate surface area is 113 Å². The summed E-state index contributed by atoms with van der Waals surface area (Å²) in [6.07, 6.45) is 1.70. The van der Waals surface area contributed by atoms with Gasteiger partial charge in [0.25, 0.3) is 0 Å². The van der Waals surface area contributed by atoms with Gasteiger partial charge in [0, 0.05) is 11.1 Å². The topological polar surface area (TPSA) is 56.0 Å². The van der Waals surface area contributed by atoms with E-state index in [1.165, 1.54) is 0 Å². The van der Waals surface area contributed by atoms with Crippen molar-refractivity contribution in [2.45, 2.75) is 17.6 Å². The summed E-state index contributed by atoms with van der Waals surface area (Å²) in [6, 6.07) is 8.86. The largest absolute Gasteiger partial charge is 0.398 e. The first-order valence-corrected chi connectivity index (χ1v) is 7.11. The third-order valence-electron chi connectivity index (χ3n) is 2.62. The van der Waals surface area contributed by atoms with Gasteiger partial charge in [0.15, 0.2) is 0 Å². The lowest BCUT2D eigenvalue weighted by Crippen LogP contribution is -2.01. The predicted octanol–water partition coefficient (Wildman–Crippen LogP) is 2.93. The Morgan fingerprint density at radius 3 is 2.83 bits per heavy atom. The highest BCUT2D eigenvalue weighted by atomic mass is 35.5. The summed E-state index contributed by atoms with van der Waals surface area (Å²) in [6.45, 7) is 1.95. The van der Waals surface area contributed by atoms with Crippen LogP contribution in [0.15, 0.2) is 41.4 Å². The molecule has 1 unspecified atom stereocenters. The summed E-state index contributed by atoms with van der Waals surface area (Å²) in [5, 5.41) is 0.429. The lowest BCUT2D eigenvalue weighted by Gasteiger charge is -2.06. The highest BCUT2D eigenvalue weighted by Crippen LogP contribution is 2.23. The highest BCUT2D eigenvalue weighted by molar-refractivity contribution is 7.84. The average molecular weight is 281 g/mol. The molecule has 2 N–H and O–H groups in total. The molecule has 1 aromatic heterocycles. The third-order valence-corrected chi connectivity index (χ3v) is 4.26. The molecule has 0 aliphatic rings. The Morgan fingerprint density at radius 1 is 1.39 bits per heavy atom. The first-order chi connectivity index (χ1) is 8.58. The van der Waals surface area contributed by atoms with Crippen molar-refractivity contribution in [1.82, 2.24) is 4.98 Å². The molecule has 0 aliphatic carbocycles. The number of benzene rings is 1. The van der Waals surface area contributed by atoms with Gasteiger partial charge in [0.2, 0.25) is 0 Å². The van der Waals surface area contributed by atoms with Crippen LogP contribution >= 0.6 is 11.6 Å². The van der Waals surface area contributed by atoms with Crippen molar-refractivity contribution in [2.24, 2.45) is 0 Å². The SMILES string of the molecule is Cc1cccnc1CS(=O)c1ccc(N)c(Cl)c1. The van der Waals surface area contributed by atoms with Crippen LogP contribution in [0.5, 0.6) is 0 Å². The Hall–Kier alpha value is -1.39. The minimum absolute atomic E-state index is 0.382. The van der Waals surface area contributed by atoms with Crippen LogP contribution < -0.4 is 5.73 Å². The van der Waals surface area contributed by atoms with Crippen LogP contribution in [0.2, 0.25) is 5.02 Å². The van der Waals surface area contributed by atoms with Gasteiger partial charge in [0.05, 0.1) is 33.0 Å². The number of nitrogens with zero attached hydrogens (tertiary/aromatic N) is 1. The lowest BCUT2D eigenvalue weighted by molar-refractivity contribution is 0.682. The Balaban J connectivity index is 2.22. The van der Waals surface area contributed by atoms with Crippen LogP contribution in [0.1, 0.15) is 11.3 Å². The van der Waals surface area contributed by atoms with Crippen molar-refractivity contribution < 1.29 is 4.21 Å². The molecule has 18 heavy (non-hydrogen) atoms. The number of rotatable bonds is 3. The maximum Gasteiger partial charge on any atom is 0.0708 e. The van der Waals surface area contributed by atoms with Crippen molar-refractivity contribution in [3.05, 3.63) is 52.8 Å². The minimum atomic E-state index is -1.17. The molecule has 0 aliphatic heterocycles. The summed E-state index contributed by atoms with van der Waals surface area (Å²) in [7, 11) is -1.17. The number of aryl methyl sites for hydroxylation is 1. The molecular weight excluding hydrogens is 268 g/mol. The van der Waals surface area contributed by atoms with Crippen molar-refractivity contribution in [3.63, 3.8) is 0 Å². The smallest absolute Gasteiger partial charge is 0.0708 e. The second-order valence-corrected chi connectivity index (χ2v) is 5.80. The van der Waals surface area contributed by atoms with Gasteiger partial charge < -0.3 is 5.73 Å². The van der Waals surface area contributed by atoms with Crippen LogP contribution in [0.25, 0.3) is 0 Å². The van der Waals surface area contributed by atoms with E-state index in [1.54, 1.807) is 24.4 Å². The summed E-state index contributed by atoms with van der Waals surface area (Å²) in [5.41, 5.74) is 7.99. The molecule has 0 radical (unpaired) electrons. The maximum absolute atomic E-state index is 12.2. The van der Waals surface area contributed by atoms with Crippen LogP contribution in [0.4, 0.5) is 5.69 Å². The molecule has 2 rings (SSSR count). The van der Waals surface area contributed by atoms with Gasteiger partial charge in [-0.3, -0.25) is 9.19 Å². The zero-order chi connectivity index (χ0) is 13.1. The molecule has 0 fully saturated rings. The normalized spacial score (nSPS) is 12.3. The van der Waals surface area contributed by atoms with E-state index in [4.69, 9.17) is 17.3 Å². The molecule has 0 saturated carbocycles. The quantitative estimate of drug-likeness (QED) is 0.880. The number of anilines is 1. The summed E-state index contributed by atoms with van der Waals surface area (Å²) < 4.78 is 12.2. The number of nitrogen functional groups attached to an aromatic ring is 1. The molecule has 0 bridgehead atoms. The molecule has 0 spiro atoms. The Bertz CT molecular complexity index is 601. The first kappa shape index (κ1) is 13.1. The molecule has 1 heterocycles. The molecule has 0 saturated heterocycles. The summed E-state index contributed by atoms with van der Waals surface area (Å²) in [5.74, 6) is 0.382. The number of halogens is 1. The van der Waals surface area contributed by atoms with E-state index in [1.807, 2.05) is 19.1 Å². The van der Waals surface area contributed by atoms with E-state index >= 15 is 0 Å². The molecular formula is C13H13ClN2OS. The number of nitrogens with two attached hydrogens (primary N) is 1. The van der Waals surface area contributed by atoms with E-state index in [-0.39, 0.29) is 0 Å². The van der Waals surface area contributed by atoms with Crippen molar-refractivity contribution in [3.8, 4) is 0 Å². The fourth-order valence-corrected chi connectivity index (χ4v) is 2.96. The van der Waals surface area contributed by atoms with Crippen LogP contribution in [0, 0.1) is 6.92 Å². The first-order valence-electron chi connectivity index (χ1n) is 5.42. The second kappa shape index (κ2) is 5.50. The fourth-order valence-electron chi connectivity index (χ4n) is 1.53. The van der Waals surface area contributed by atoms with Gasteiger partial charge in [0.1, 0.15) is 0 Å². The van der Waals surface area contributed by atoms with Gasteiger partial charge in [-0.15, -0.1) is 0 Å². The molecule has 94 valence electrons. The van der Waals surface area contributed by atoms with E-state index in [9.17, 15) is 4.21 Å². The standard InChI is InChI=1S/C13H13ClN2OS/c1-9-3-2-6-16-13(9)8-18(17)10-4-5-12(15)11(14)7-10/h2-7H,8,15H2,1H3. The van der Waals surface area contributed by atoms with Gasteiger partial charge >= 0.3 is 0 Å². The van der Waals surface area contributed by atoms with Gasteiger partial charge in [-0.25, -0.2) is 0 Å². The lowest BCUT2D eigenvalue weighted by atomic mass is 10.2. The van der Waals surface area contributed by atoms with E-state index in [2.05, 4.69) is 4.98 Å². The number of aromatic nitrogens is 1. The monoisotopic (exact) mass is 280 g/mol. The Kier molecular flexibility index (Phi) is 3.99. The maximum atomic E-state index is 12.2. The fraction of sp³-hybridized carbons (Fsp3) is 0.154. The number of hydrogen-bond donors (Lipinski definition) is 1. The number of pyridine rings is 1. The summed E-state index contributed by atoms with van der Waals surface area (Å²) in [4.78, 5) is 4.90. The molecule has 2 aromatic rings.